The fourth-order valence-electron chi connectivity index (χ4n) is 1.07. The molecule has 1 aromatic heterocycles. The van der Waals surface area contributed by atoms with Gasteiger partial charge in [0.05, 0.1) is 16.7 Å². The maximum atomic E-state index is 10.6. The summed E-state index contributed by atoms with van der Waals surface area (Å²) in [6.45, 7) is 0.144. The maximum Gasteiger partial charge on any atom is 0.407 e. The number of hydrogen-bond acceptors (Lipinski definition) is 3. The normalized spacial score (nSPS) is 9.73. The van der Waals surface area contributed by atoms with Crippen molar-refractivity contribution in [2.45, 2.75) is 6.54 Å². The first-order chi connectivity index (χ1) is 6.97. The van der Waals surface area contributed by atoms with E-state index in [2.05, 4.69) is 21.0 Å². The molecule has 0 saturated carbocycles. The Morgan fingerprint density at radius 1 is 1.80 bits per heavy atom. The monoisotopic (exact) mass is 272 g/mol. The zero-order chi connectivity index (χ0) is 11.6. The summed E-state index contributed by atoms with van der Waals surface area (Å²) >= 11 is 3.21. The first-order valence-corrected chi connectivity index (χ1v) is 4.82. The molecule has 1 heterocycles. The maximum absolute atomic E-state index is 10.6. The smallest absolute Gasteiger partial charge is 0.407 e. The van der Waals surface area contributed by atoms with Crippen molar-refractivity contribution in [3.05, 3.63) is 15.9 Å². The molecule has 15 heavy (non-hydrogen) atoms. The fourth-order valence-corrected chi connectivity index (χ4v) is 1.62. The molecule has 0 aromatic carbocycles. The average molecular weight is 273 g/mol. The van der Waals surface area contributed by atoms with Crippen molar-refractivity contribution < 1.29 is 9.90 Å². The lowest BCUT2D eigenvalue weighted by Crippen LogP contribution is -2.24. The number of nitriles is 1. The van der Waals surface area contributed by atoms with Gasteiger partial charge in [0.15, 0.2) is 5.69 Å². The molecule has 0 fully saturated rings. The second-order valence-corrected chi connectivity index (χ2v) is 3.78. The largest absolute Gasteiger partial charge is 0.465 e. The van der Waals surface area contributed by atoms with Crippen LogP contribution >= 0.6 is 15.9 Å². The molecule has 6 nitrogen and oxygen atoms in total. The summed E-state index contributed by atoms with van der Waals surface area (Å²) in [5, 5.41) is 21.5. The third-order valence-corrected chi connectivity index (χ3v) is 2.71. The Hall–Kier alpha value is -1.55. The molecule has 0 bridgehead atoms. The van der Waals surface area contributed by atoms with Gasteiger partial charge in [-0.15, -0.1) is 0 Å². The Bertz CT molecular complexity index is 435. The van der Waals surface area contributed by atoms with E-state index in [1.165, 1.54) is 11.7 Å². The van der Waals surface area contributed by atoms with Gasteiger partial charge in [-0.05, 0) is 15.9 Å². The topological polar surface area (TPSA) is 82.2 Å². The Labute approximate surface area is 94.8 Å². The third kappa shape index (κ3) is 2.27. The van der Waals surface area contributed by atoms with Crippen LogP contribution in [0.25, 0.3) is 0 Å². The predicted molar refractivity (Wildman–Crippen MR) is 55.1 cm³/mol. The van der Waals surface area contributed by atoms with Crippen LogP contribution in [0.15, 0.2) is 4.47 Å². The van der Waals surface area contributed by atoms with E-state index in [1.54, 1.807) is 7.05 Å². The van der Waals surface area contributed by atoms with E-state index in [-0.39, 0.29) is 6.54 Å². The Morgan fingerprint density at radius 2 is 2.40 bits per heavy atom. The van der Waals surface area contributed by atoms with Crippen LogP contribution in [-0.2, 0) is 13.6 Å². The van der Waals surface area contributed by atoms with Crippen LogP contribution < -0.4 is 0 Å². The third-order valence-electron chi connectivity index (χ3n) is 1.87. The van der Waals surface area contributed by atoms with Gasteiger partial charge in [0.2, 0.25) is 0 Å². The van der Waals surface area contributed by atoms with Gasteiger partial charge in [-0.1, -0.05) is 0 Å². The molecule has 7 heteroatoms. The molecule has 1 aromatic rings. The van der Waals surface area contributed by atoms with E-state index in [1.807, 2.05) is 6.07 Å². The summed E-state index contributed by atoms with van der Waals surface area (Å²) in [7, 11) is 3.07. The number of carboxylic acid groups (broad SMARTS) is 1. The van der Waals surface area contributed by atoms with Gasteiger partial charge in [0.1, 0.15) is 6.07 Å². The number of aromatic nitrogens is 2. The van der Waals surface area contributed by atoms with Crippen LogP contribution in [-0.4, -0.2) is 32.9 Å². The van der Waals surface area contributed by atoms with Crippen molar-refractivity contribution in [1.29, 1.82) is 5.26 Å². The lowest BCUT2D eigenvalue weighted by molar-refractivity contribution is 0.153. The minimum Gasteiger partial charge on any atom is -0.465 e. The van der Waals surface area contributed by atoms with Gasteiger partial charge < -0.3 is 10.0 Å². The molecular weight excluding hydrogens is 264 g/mol. The number of aryl methyl sites for hydroxylation is 1. The van der Waals surface area contributed by atoms with E-state index in [0.29, 0.717) is 15.9 Å². The Kier molecular flexibility index (Phi) is 3.31. The Balaban J connectivity index is 2.98. The van der Waals surface area contributed by atoms with Crippen molar-refractivity contribution in [3.63, 3.8) is 0 Å². The SMILES string of the molecule is CN(Cc1nn(C)c(C#N)c1Br)C(=O)O. The highest BCUT2D eigenvalue weighted by molar-refractivity contribution is 9.10. The number of nitrogens with zero attached hydrogens (tertiary/aromatic N) is 4. The minimum atomic E-state index is -1.04. The molecule has 0 aliphatic carbocycles. The van der Waals surface area contributed by atoms with Crippen molar-refractivity contribution in [3.8, 4) is 6.07 Å². The summed E-state index contributed by atoms with van der Waals surface area (Å²) in [4.78, 5) is 11.7. The number of rotatable bonds is 2. The number of carbonyl (C=O) groups is 1. The zero-order valence-electron chi connectivity index (χ0n) is 8.23. The van der Waals surface area contributed by atoms with Crippen molar-refractivity contribution in [1.82, 2.24) is 14.7 Å². The number of amides is 1. The molecule has 1 rings (SSSR count). The molecule has 80 valence electrons. The average Bonchev–Trinajstić information content (AvgIpc) is 2.41. The van der Waals surface area contributed by atoms with E-state index >= 15 is 0 Å². The van der Waals surface area contributed by atoms with Crippen molar-refractivity contribution in [2.24, 2.45) is 7.05 Å². The highest BCUT2D eigenvalue weighted by Crippen LogP contribution is 2.21. The predicted octanol–water partition coefficient (Wildman–Crippen LogP) is 1.16. The van der Waals surface area contributed by atoms with Crippen LogP contribution in [0.2, 0.25) is 0 Å². The summed E-state index contributed by atoms with van der Waals surface area (Å²) in [5.74, 6) is 0. The van der Waals surface area contributed by atoms with Crippen LogP contribution in [0, 0.1) is 11.3 Å². The zero-order valence-corrected chi connectivity index (χ0v) is 9.82. The van der Waals surface area contributed by atoms with E-state index in [4.69, 9.17) is 10.4 Å². The van der Waals surface area contributed by atoms with Gasteiger partial charge in [-0.2, -0.15) is 10.4 Å². The lowest BCUT2D eigenvalue weighted by Gasteiger charge is -2.10. The molecular formula is C8H9BrN4O2. The van der Waals surface area contributed by atoms with E-state index in [9.17, 15) is 4.79 Å². The summed E-state index contributed by atoms with van der Waals surface area (Å²) in [6.07, 6.45) is -1.04. The quantitative estimate of drug-likeness (QED) is 0.876. The molecule has 0 saturated heterocycles. The number of hydrogen-bond donors (Lipinski definition) is 1. The Morgan fingerprint density at radius 3 is 2.80 bits per heavy atom. The van der Waals surface area contributed by atoms with E-state index < -0.39 is 6.09 Å². The van der Waals surface area contributed by atoms with Gasteiger partial charge >= 0.3 is 6.09 Å². The second kappa shape index (κ2) is 4.31. The lowest BCUT2D eigenvalue weighted by atomic mass is 10.3. The second-order valence-electron chi connectivity index (χ2n) is 2.98. The summed E-state index contributed by atoms with van der Waals surface area (Å²) in [6, 6.07) is 1.97. The van der Waals surface area contributed by atoms with Crippen molar-refractivity contribution >= 4 is 22.0 Å². The fraction of sp³-hybridized carbons (Fsp3) is 0.375. The van der Waals surface area contributed by atoms with Crippen molar-refractivity contribution in [2.75, 3.05) is 7.05 Å². The van der Waals surface area contributed by atoms with Crippen LogP contribution in [0.1, 0.15) is 11.4 Å². The van der Waals surface area contributed by atoms with Crippen LogP contribution in [0.3, 0.4) is 0 Å². The highest BCUT2D eigenvalue weighted by atomic mass is 79.9. The first kappa shape index (κ1) is 11.5. The molecule has 0 atom stereocenters. The molecule has 0 unspecified atom stereocenters. The minimum absolute atomic E-state index is 0.144. The van der Waals surface area contributed by atoms with Gasteiger partial charge in [-0.25, -0.2) is 4.79 Å². The summed E-state index contributed by atoms with van der Waals surface area (Å²) in [5.41, 5.74) is 0.905. The van der Waals surface area contributed by atoms with Gasteiger partial charge in [0, 0.05) is 14.1 Å². The van der Waals surface area contributed by atoms with Crippen LogP contribution in [0.4, 0.5) is 4.79 Å². The molecule has 1 amide bonds. The molecule has 1 N–H and O–H groups in total. The molecule has 0 aliphatic heterocycles. The summed E-state index contributed by atoms with van der Waals surface area (Å²) < 4.78 is 1.95. The van der Waals surface area contributed by atoms with Gasteiger partial charge in [0.25, 0.3) is 0 Å². The standard InChI is InChI=1S/C8H9BrN4O2/c1-12(8(14)15)4-5-7(9)6(3-10)13(2)11-5/h4H2,1-2H3,(H,14,15). The van der Waals surface area contributed by atoms with Crippen LogP contribution in [0.5, 0.6) is 0 Å². The van der Waals surface area contributed by atoms with E-state index in [0.717, 1.165) is 4.90 Å². The highest BCUT2D eigenvalue weighted by Gasteiger charge is 2.16. The number of halogens is 1. The first-order valence-electron chi connectivity index (χ1n) is 4.03. The molecule has 0 spiro atoms. The molecule has 0 radical (unpaired) electrons. The molecule has 0 aliphatic rings. The van der Waals surface area contributed by atoms with Gasteiger partial charge in [-0.3, -0.25) is 4.68 Å².